The summed E-state index contributed by atoms with van der Waals surface area (Å²) in [5.41, 5.74) is 3.51. The molecule has 5 rings (SSSR count). The van der Waals surface area contributed by atoms with Crippen LogP contribution in [0, 0.1) is 0 Å². The molecule has 1 unspecified atom stereocenters. The first kappa shape index (κ1) is 29.3. The lowest BCUT2D eigenvalue weighted by Gasteiger charge is -2.37. The summed E-state index contributed by atoms with van der Waals surface area (Å²) in [5, 5.41) is 7.13. The summed E-state index contributed by atoms with van der Waals surface area (Å²) >= 11 is 6.47. The van der Waals surface area contributed by atoms with Gasteiger partial charge in [0, 0.05) is 44.3 Å². The van der Waals surface area contributed by atoms with Gasteiger partial charge in [-0.15, -0.1) is 0 Å². The Labute approximate surface area is 243 Å². The van der Waals surface area contributed by atoms with Crippen LogP contribution < -0.4 is 20.1 Å². The number of aromatic nitrogens is 2. The van der Waals surface area contributed by atoms with Crippen LogP contribution in [0.5, 0.6) is 5.75 Å². The molecular formula is C28H42ClN7O3S. The minimum atomic E-state index is -3.32. The van der Waals surface area contributed by atoms with E-state index in [0.29, 0.717) is 22.8 Å². The predicted molar refractivity (Wildman–Crippen MR) is 160 cm³/mol. The summed E-state index contributed by atoms with van der Waals surface area (Å²) in [5.74, 6) is 1.64. The van der Waals surface area contributed by atoms with Gasteiger partial charge in [0.15, 0.2) is 5.82 Å². The zero-order valence-corrected chi connectivity index (χ0v) is 25.3. The van der Waals surface area contributed by atoms with Gasteiger partial charge >= 0.3 is 0 Å². The minimum absolute atomic E-state index is 0.112. The number of hydrogen-bond acceptors (Lipinski definition) is 9. The van der Waals surface area contributed by atoms with Gasteiger partial charge in [0.2, 0.25) is 16.0 Å². The van der Waals surface area contributed by atoms with Crippen LogP contribution in [0.4, 0.5) is 17.5 Å². The number of rotatable bonds is 8. The number of fused-ring (bicyclic) bond motifs is 1. The van der Waals surface area contributed by atoms with Crippen molar-refractivity contribution < 1.29 is 13.2 Å². The third-order valence-electron chi connectivity index (χ3n) is 8.51. The topological polar surface area (TPSA) is 112 Å². The molecule has 3 N–H and O–H groups in total. The number of ether oxygens (including phenoxy) is 1. The number of nitrogens with one attached hydrogen (secondary N) is 3. The average Bonchev–Trinajstić information content (AvgIpc) is 3.13. The normalized spacial score (nSPS) is 24.6. The Kier molecular flexibility index (Phi) is 9.36. The molecule has 220 valence electrons. The first-order valence-corrected chi connectivity index (χ1v) is 16.6. The number of anilines is 3. The summed E-state index contributed by atoms with van der Waals surface area (Å²) in [6, 6.07) is 4.61. The predicted octanol–water partition coefficient (Wildman–Crippen LogP) is 3.65. The smallest absolute Gasteiger partial charge is 0.229 e. The van der Waals surface area contributed by atoms with Crippen LogP contribution in [0.25, 0.3) is 0 Å². The van der Waals surface area contributed by atoms with Crippen LogP contribution in [-0.2, 0) is 22.9 Å². The lowest BCUT2D eigenvalue weighted by atomic mass is 9.91. The molecule has 1 saturated heterocycles. The number of nitrogens with zero attached hydrogens (tertiary/aromatic N) is 4. The van der Waals surface area contributed by atoms with Gasteiger partial charge < -0.3 is 20.3 Å². The molecule has 0 amide bonds. The Morgan fingerprint density at radius 2 is 1.68 bits per heavy atom. The second-order valence-corrected chi connectivity index (χ2v) is 13.6. The maximum Gasteiger partial charge on any atom is 0.229 e. The van der Waals surface area contributed by atoms with E-state index in [2.05, 4.69) is 54.3 Å². The molecule has 1 aromatic carbocycles. The Morgan fingerprint density at radius 3 is 2.35 bits per heavy atom. The minimum Gasteiger partial charge on any atom is -0.495 e. The van der Waals surface area contributed by atoms with Crippen molar-refractivity contribution in [3.05, 3.63) is 34.5 Å². The molecule has 1 saturated carbocycles. The zero-order chi connectivity index (χ0) is 28.3. The number of likely N-dealkylation sites (N-methyl/N-ethyl adjacent to an activating group) is 1. The largest absolute Gasteiger partial charge is 0.495 e. The van der Waals surface area contributed by atoms with Gasteiger partial charge in [-0.05, 0) is 68.8 Å². The van der Waals surface area contributed by atoms with Crippen molar-refractivity contribution in [2.24, 2.45) is 0 Å². The van der Waals surface area contributed by atoms with E-state index in [-0.39, 0.29) is 12.1 Å². The second kappa shape index (κ2) is 12.8. The monoisotopic (exact) mass is 591 g/mol. The SMILES string of the molecule is COc1cc2c(cc1Nc1ncc(Cl)c(N[C@@H]3CCCC[C@H]3NS(C)(=O)=O)n1)CCC(N1CCN(C)CC1)CC2. The van der Waals surface area contributed by atoms with Crippen LogP contribution >= 0.6 is 11.6 Å². The molecule has 3 aliphatic rings. The van der Waals surface area contributed by atoms with Crippen molar-refractivity contribution in [1.82, 2.24) is 24.5 Å². The Bertz CT molecular complexity index is 1290. The first-order chi connectivity index (χ1) is 19.2. The van der Waals surface area contributed by atoms with Crippen LogP contribution in [0.15, 0.2) is 18.3 Å². The zero-order valence-electron chi connectivity index (χ0n) is 23.7. The highest BCUT2D eigenvalue weighted by molar-refractivity contribution is 7.88. The molecule has 2 heterocycles. The van der Waals surface area contributed by atoms with Crippen molar-refractivity contribution in [2.75, 3.05) is 57.2 Å². The molecule has 10 nitrogen and oxygen atoms in total. The molecule has 0 radical (unpaired) electrons. The molecule has 0 spiro atoms. The quantitative estimate of drug-likeness (QED) is 0.396. The van der Waals surface area contributed by atoms with E-state index >= 15 is 0 Å². The van der Waals surface area contributed by atoms with Crippen molar-refractivity contribution >= 4 is 39.1 Å². The molecule has 0 bridgehead atoms. The fraction of sp³-hybridized carbons (Fsp3) is 0.643. The maximum absolute atomic E-state index is 11.9. The summed E-state index contributed by atoms with van der Waals surface area (Å²) < 4.78 is 32.3. The second-order valence-electron chi connectivity index (χ2n) is 11.4. The Morgan fingerprint density at radius 1 is 1.00 bits per heavy atom. The third-order valence-corrected chi connectivity index (χ3v) is 9.52. The van der Waals surface area contributed by atoms with Crippen molar-refractivity contribution in [3.63, 3.8) is 0 Å². The van der Waals surface area contributed by atoms with Crippen LogP contribution in [0.3, 0.4) is 0 Å². The van der Waals surface area contributed by atoms with Crippen molar-refractivity contribution in [1.29, 1.82) is 0 Å². The van der Waals surface area contributed by atoms with Gasteiger partial charge in [-0.3, -0.25) is 4.90 Å². The molecule has 2 aliphatic carbocycles. The highest BCUT2D eigenvalue weighted by Gasteiger charge is 2.29. The third kappa shape index (κ3) is 7.36. The molecular weight excluding hydrogens is 550 g/mol. The molecule has 2 fully saturated rings. The molecule has 2 aromatic rings. The van der Waals surface area contributed by atoms with E-state index in [1.165, 1.54) is 17.4 Å². The lowest BCUT2D eigenvalue weighted by Crippen LogP contribution is -2.49. The molecule has 3 atom stereocenters. The molecule has 40 heavy (non-hydrogen) atoms. The number of methoxy groups -OCH3 is 1. The number of benzene rings is 1. The highest BCUT2D eigenvalue weighted by Crippen LogP contribution is 2.35. The van der Waals surface area contributed by atoms with Crippen molar-refractivity contribution in [2.45, 2.75) is 69.5 Å². The van der Waals surface area contributed by atoms with E-state index in [1.807, 2.05) is 0 Å². The first-order valence-electron chi connectivity index (χ1n) is 14.3. The van der Waals surface area contributed by atoms with Crippen LogP contribution in [0.2, 0.25) is 5.02 Å². The summed E-state index contributed by atoms with van der Waals surface area (Å²) in [7, 11) is 0.562. The van der Waals surface area contributed by atoms with Gasteiger partial charge in [0.05, 0.1) is 25.2 Å². The summed E-state index contributed by atoms with van der Waals surface area (Å²) in [4.78, 5) is 14.2. The maximum atomic E-state index is 11.9. The number of aryl methyl sites for hydroxylation is 2. The van der Waals surface area contributed by atoms with Gasteiger partial charge in [0.1, 0.15) is 10.8 Å². The lowest BCUT2D eigenvalue weighted by molar-refractivity contribution is 0.104. The van der Waals surface area contributed by atoms with Gasteiger partial charge in [-0.1, -0.05) is 24.4 Å². The van der Waals surface area contributed by atoms with E-state index in [9.17, 15) is 8.42 Å². The van der Waals surface area contributed by atoms with E-state index in [0.717, 1.165) is 89.0 Å². The Hall–Kier alpha value is -2.18. The van der Waals surface area contributed by atoms with E-state index in [1.54, 1.807) is 13.3 Å². The molecule has 1 aliphatic heterocycles. The van der Waals surface area contributed by atoms with Crippen LogP contribution in [0.1, 0.15) is 49.7 Å². The number of sulfonamides is 1. The number of halogens is 1. The fourth-order valence-electron chi connectivity index (χ4n) is 6.28. The Balaban J connectivity index is 1.31. The summed E-state index contributed by atoms with van der Waals surface area (Å²) in [6.07, 6.45) is 10.7. The van der Waals surface area contributed by atoms with Crippen LogP contribution in [-0.4, -0.2) is 92.9 Å². The fourth-order valence-corrected chi connectivity index (χ4v) is 7.26. The highest BCUT2D eigenvalue weighted by atomic mass is 35.5. The molecule has 1 aromatic heterocycles. The standard InChI is InChI=1S/C28H42ClN7O3S/c1-35-12-14-36(15-13-35)21-10-8-19-16-25(26(39-2)17-20(19)9-11-21)32-28-30-18-22(29)27(33-28)31-23-6-4-5-7-24(23)34-40(3,37)38/h16-18,21,23-24,34H,4-15H2,1-3H3,(H2,30,31,32,33)/t21?,23-,24-/m1/s1. The van der Waals surface area contributed by atoms with Gasteiger partial charge in [-0.25, -0.2) is 18.1 Å². The van der Waals surface area contributed by atoms with Gasteiger partial charge in [0.25, 0.3) is 0 Å². The van der Waals surface area contributed by atoms with E-state index in [4.69, 9.17) is 16.3 Å². The van der Waals surface area contributed by atoms with Crippen molar-refractivity contribution in [3.8, 4) is 5.75 Å². The average molecular weight is 592 g/mol. The number of hydrogen-bond donors (Lipinski definition) is 3. The number of piperazine rings is 1. The molecule has 12 heteroatoms. The van der Waals surface area contributed by atoms with E-state index < -0.39 is 10.0 Å². The van der Waals surface area contributed by atoms with Gasteiger partial charge in [-0.2, -0.15) is 4.98 Å². The summed E-state index contributed by atoms with van der Waals surface area (Å²) in [6.45, 7) is 4.56.